The minimum absolute atomic E-state index is 0. The van der Waals surface area contributed by atoms with E-state index < -0.39 is 5.54 Å². The maximum Gasteiger partial charge on any atom is 0.244 e. The maximum atomic E-state index is 12.3. The molecule has 0 radical (unpaired) electrons. The molecule has 1 unspecified atom stereocenters. The lowest BCUT2D eigenvalue weighted by Crippen LogP contribution is -2.54. The summed E-state index contributed by atoms with van der Waals surface area (Å²) < 4.78 is 0. The fourth-order valence-electron chi connectivity index (χ4n) is 1.55. The average molecular weight is 336 g/mol. The monoisotopic (exact) mass is 335 g/mol. The Kier molecular flexibility index (Phi) is 9.19. The van der Waals surface area contributed by atoms with E-state index in [4.69, 9.17) is 5.73 Å². The van der Waals surface area contributed by atoms with Crippen LogP contribution >= 0.6 is 24.8 Å². The molecule has 0 heterocycles. The van der Waals surface area contributed by atoms with Gasteiger partial charge in [-0.1, -0.05) is 30.3 Å². The first-order valence-corrected chi connectivity index (χ1v) is 6.48. The van der Waals surface area contributed by atoms with Crippen molar-refractivity contribution < 1.29 is 4.79 Å². The summed E-state index contributed by atoms with van der Waals surface area (Å²) in [5, 5.41) is 2.94. The standard InChI is InChI=1S/C15H25N3O.2ClH/c1-14(2,18(4)5)11-17-13(19)15(3,16)12-9-7-6-8-10-12;;/h6-10H,11,16H2,1-5H3,(H,17,19);2*1H. The topological polar surface area (TPSA) is 58.4 Å². The van der Waals surface area contributed by atoms with E-state index in [1.165, 1.54) is 0 Å². The Morgan fingerprint density at radius 2 is 1.62 bits per heavy atom. The molecule has 21 heavy (non-hydrogen) atoms. The Balaban J connectivity index is 0. The number of nitrogens with zero attached hydrogens (tertiary/aromatic N) is 1. The van der Waals surface area contributed by atoms with Crippen LogP contribution in [0.2, 0.25) is 0 Å². The lowest BCUT2D eigenvalue weighted by molar-refractivity contribution is -0.126. The minimum Gasteiger partial charge on any atom is -0.352 e. The Morgan fingerprint density at radius 1 is 1.14 bits per heavy atom. The Morgan fingerprint density at radius 3 is 2.05 bits per heavy atom. The van der Waals surface area contributed by atoms with E-state index in [2.05, 4.69) is 24.1 Å². The second kappa shape index (κ2) is 8.59. The van der Waals surface area contributed by atoms with Crippen LogP contribution in [0.1, 0.15) is 26.3 Å². The van der Waals surface area contributed by atoms with Crippen LogP contribution < -0.4 is 11.1 Å². The van der Waals surface area contributed by atoms with Gasteiger partial charge in [0.25, 0.3) is 0 Å². The summed E-state index contributed by atoms with van der Waals surface area (Å²) in [6, 6.07) is 9.43. The van der Waals surface area contributed by atoms with Gasteiger partial charge in [-0.05, 0) is 40.4 Å². The molecule has 0 saturated heterocycles. The van der Waals surface area contributed by atoms with E-state index in [1.807, 2.05) is 44.4 Å². The summed E-state index contributed by atoms with van der Waals surface area (Å²) in [7, 11) is 3.98. The third-order valence-corrected chi connectivity index (χ3v) is 3.74. The van der Waals surface area contributed by atoms with Gasteiger partial charge in [0.1, 0.15) is 5.54 Å². The lowest BCUT2D eigenvalue weighted by Gasteiger charge is -2.34. The Labute approximate surface area is 140 Å². The highest BCUT2D eigenvalue weighted by Gasteiger charge is 2.31. The van der Waals surface area contributed by atoms with E-state index in [0.717, 1.165) is 5.56 Å². The van der Waals surface area contributed by atoms with Crippen molar-refractivity contribution >= 4 is 30.7 Å². The molecule has 4 nitrogen and oxygen atoms in total. The van der Waals surface area contributed by atoms with Crippen molar-refractivity contribution in [2.75, 3.05) is 20.6 Å². The molecule has 1 rings (SSSR count). The van der Waals surface area contributed by atoms with Gasteiger partial charge in [0, 0.05) is 12.1 Å². The van der Waals surface area contributed by atoms with Gasteiger partial charge < -0.3 is 16.0 Å². The second-order valence-corrected chi connectivity index (χ2v) is 5.96. The Hall–Kier alpha value is -0.810. The number of hydrogen-bond donors (Lipinski definition) is 2. The number of carbonyl (C=O) groups is 1. The number of rotatable bonds is 5. The highest BCUT2D eigenvalue weighted by Crippen LogP contribution is 2.18. The zero-order valence-electron chi connectivity index (χ0n) is 13.3. The van der Waals surface area contributed by atoms with Crippen molar-refractivity contribution in [3.8, 4) is 0 Å². The molecule has 0 saturated carbocycles. The van der Waals surface area contributed by atoms with Crippen LogP contribution in [0.3, 0.4) is 0 Å². The van der Waals surface area contributed by atoms with Crippen LogP contribution in [0.4, 0.5) is 0 Å². The van der Waals surface area contributed by atoms with Gasteiger partial charge in [-0.15, -0.1) is 24.8 Å². The number of likely N-dealkylation sites (N-methyl/N-ethyl adjacent to an activating group) is 1. The fourth-order valence-corrected chi connectivity index (χ4v) is 1.55. The Bertz CT molecular complexity index is 434. The van der Waals surface area contributed by atoms with Gasteiger partial charge in [0.15, 0.2) is 0 Å². The molecule has 1 aromatic rings. The smallest absolute Gasteiger partial charge is 0.244 e. The predicted octanol–water partition coefficient (Wildman–Crippen LogP) is 2.16. The van der Waals surface area contributed by atoms with Crippen molar-refractivity contribution in [3.05, 3.63) is 35.9 Å². The van der Waals surface area contributed by atoms with E-state index in [0.29, 0.717) is 6.54 Å². The summed E-state index contributed by atoms with van der Waals surface area (Å²) in [4.78, 5) is 14.4. The zero-order valence-corrected chi connectivity index (χ0v) is 15.0. The fraction of sp³-hybridized carbons (Fsp3) is 0.533. The van der Waals surface area contributed by atoms with Crippen LogP contribution in [0.15, 0.2) is 30.3 Å². The molecule has 0 bridgehead atoms. The molecule has 0 fully saturated rings. The van der Waals surface area contributed by atoms with E-state index in [1.54, 1.807) is 6.92 Å². The molecule has 3 N–H and O–H groups in total. The summed E-state index contributed by atoms with van der Waals surface area (Å²) in [6.45, 7) is 6.44. The number of hydrogen-bond acceptors (Lipinski definition) is 3. The minimum atomic E-state index is -1.01. The average Bonchev–Trinajstić information content (AvgIpc) is 2.36. The van der Waals surface area contributed by atoms with Crippen LogP contribution in [-0.2, 0) is 10.3 Å². The van der Waals surface area contributed by atoms with Gasteiger partial charge >= 0.3 is 0 Å². The second-order valence-electron chi connectivity index (χ2n) is 5.96. The summed E-state index contributed by atoms with van der Waals surface area (Å²) in [5.74, 6) is -0.159. The first kappa shape index (κ1) is 22.5. The van der Waals surface area contributed by atoms with Crippen molar-refractivity contribution in [2.45, 2.75) is 31.8 Å². The summed E-state index contributed by atoms with van der Waals surface area (Å²) in [6.07, 6.45) is 0. The van der Waals surface area contributed by atoms with Crippen LogP contribution in [0.25, 0.3) is 0 Å². The van der Waals surface area contributed by atoms with Crippen molar-refractivity contribution in [1.29, 1.82) is 0 Å². The van der Waals surface area contributed by atoms with Crippen LogP contribution in [-0.4, -0.2) is 37.0 Å². The number of nitrogens with two attached hydrogens (primary N) is 1. The maximum absolute atomic E-state index is 12.3. The molecular formula is C15H27Cl2N3O. The molecule has 122 valence electrons. The van der Waals surface area contributed by atoms with E-state index in [-0.39, 0.29) is 36.3 Å². The highest BCUT2D eigenvalue weighted by molar-refractivity contribution is 5.87. The molecular weight excluding hydrogens is 309 g/mol. The van der Waals surface area contributed by atoms with Crippen LogP contribution in [0, 0.1) is 0 Å². The SMILES string of the molecule is CN(C)C(C)(C)CNC(=O)C(C)(N)c1ccccc1.Cl.Cl. The highest BCUT2D eigenvalue weighted by atomic mass is 35.5. The first-order valence-electron chi connectivity index (χ1n) is 6.48. The van der Waals surface area contributed by atoms with Gasteiger partial charge in [0.05, 0.1) is 0 Å². The van der Waals surface area contributed by atoms with Gasteiger partial charge in [-0.3, -0.25) is 4.79 Å². The number of carbonyl (C=O) groups excluding carboxylic acids is 1. The lowest BCUT2D eigenvalue weighted by atomic mass is 9.92. The molecule has 0 aromatic heterocycles. The van der Waals surface area contributed by atoms with Gasteiger partial charge in [0.2, 0.25) is 5.91 Å². The summed E-state index contributed by atoms with van der Waals surface area (Å²) in [5.41, 5.74) is 5.86. The quantitative estimate of drug-likeness (QED) is 0.866. The van der Waals surface area contributed by atoms with Crippen molar-refractivity contribution in [3.63, 3.8) is 0 Å². The van der Waals surface area contributed by atoms with Gasteiger partial charge in [-0.25, -0.2) is 0 Å². The molecule has 1 aromatic carbocycles. The molecule has 1 amide bonds. The largest absolute Gasteiger partial charge is 0.352 e. The molecule has 0 aliphatic carbocycles. The molecule has 0 spiro atoms. The number of nitrogens with one attached hydrogen (secondary N) is 1. The normalized spacial score (nSPS) is 13.7. The molecule has 1 atom stereocenters. The molecule has 0 aliphatic heterocycles. The zero-order chi connectivity index (χ0) is 14.7. The van der Waals surface area contributed by atoms with E-state index in [9.17, 15) is 4.79 Å². The molecule has 6 heteroatoms. The summed E-state index contributed by atoms with van der Waals surface area (Å²) >= 11 is 0. The van der Waals surface area contributed by atoms with Gasteiger partial charge in [-0.2, -0.15) is 0 Å². The number of benzene rings is 1. The third kappa shape index (κ3) is 5.83. The number of amides is 1. The third-order valence-electron chi connectivity index (χ3n) is 3.74. The van der Waals surface area contributed by atoms with Crippen molar-refractivity contribution in [1.82, 2.24) is 10.2 Å². The predicted molar refractivity (Wildman–Crippen MR) is 93.3 cm³/mol. The van der Waals surface area contributed by atoms with Crippen LogP contribution in [0.5, 0.6) is 0 Å². The van der Waals surface area contributed by atoms with E-state index >= 15 is 0 Å². The number of halogens is 2. The van der Waals surface area contributed by atoms with Crippen molar-refractivity contribution in [2.24, 2.45) is 5.73 Å². The first-order chi connectivity index (χ1) is 8.68. The molecule has 0 aliphatic rings.